The zero-order chi connectivity index (χ0) is 14.9. The fourth-order valence-corrected chi connectivity index (χ4v) is 2.80. The third kappa shape index (κ3) is 3.49. The van der Waals surface area contributed by atoms with Gasteiger partial charge in [-0.15, -0.1) is 0 Å². The number of benzene rings is 1. The van der Waals surface area contributed by atoms with Gasteiger partial charge in [0.2, 0.25) is 10.0 Å². The molecule has 2 aromatic rings. The third-order valence-electron chi connectivity index (χ3n) is 3.35. The Bertz CT molecular complexity index is 725. The number of hydrogen-bond acceptors (Lipinski definition) is 4. The average molecular weight is 307 g/mol. The minimum Gasteiger partial charge on any atom is -0.367 e. The summed E-state index contributed by atoms with van der Waals surface area (Å²) in [7, 11) is -3.19. The standard InChI is InChI=1S/C14H17N3O3S/c1-21(18,19)15-7-12-8-17-9-13(16-14(17)10-20-12)11-5-3-2-4-6-11/h2-6,9,12,15H,7-8,10H2,1H3/t12-/m0/s1. The number of hydrogen-bond donors (Lipinski definition) is 1. The molecule has 0 spiro atoms. The molecule has 1 aromatic carbocycles. The fourth-order valence-electron chi connectivity index (χ4n) is 2.31. The summed E-state index contributed by atoms with van der Waals surface area (Å²) in [6, 6.07) is 9.94. The van der Waals surface area contributed by atoms with E-state index in [-0.39, 0.29) is 12.6 Å². The number of ether oxygens (including phenoxy) is 1. The first-order valence-corrected chi connectivity index (χ1v) is 8.58. The lowest BCUT2D eigenvalue weighted by atomic mass is 10.2. The molecule has 0 fully saturated rings. The molecule has 3 rings (SSSR count). The molecular weight excluding hydrogens is 290 g/mol. The van der Waals surface area contributed by atoms with Gasteiger partial charge in [-0.3, -0.25) is 0 Å². The van der Waals surface area contributed by atoms with Gasteiger partial charge in [0.25, 0.3) is 0 Å². The molecule has 1 aromatic heterocycles. The van der Waals surface area contributed by atoms with Crippen LogP contribution in [0, 0.1) is 0 Å². The lowest BCUT2D eigenvalue weighted by Crippen LogP contribution is -2.38. The third-order valence-corrected chi connectivity index (χ3v) is 4.04. The lowest BCUT2D eigenvalue weighted by molar-refractivity contribution is 0.00588. The van der Waals surface area contributed by atoms with Crippen LogP contribution < -0.4 is 4.72 Å². The average Bonchev–Trinajstić information content (AvgIpc) is 2.88. The van der Waals surface area contributed by atoms with Gasteiger partial charge in [0.15, 0.2) is 0 Å². The summed E-state index contributed by atoms with van der Waals surface area (Å²) in [5.74, 6) is 0.865. The van der Waals surface area contributed by atoms with Gasteiger partial charge < -0.3 is 9.30 Å². The van der Waals surface area contributed by atoms with Gasteiger partial charge in [0.05, 0.1) is 24.6 Å². The predicted molar refractivity (Wildman–Crippen MR) is 79.1 cm³/mol. The van der Waals surface area contributed by atoms with Crippen LogP contribution in [0.5, 0.6) is 0 Å². The van der Waals surface area contributed by atoms with E-state index in [4.69, 9.17) is 4.74 Å². The highest BCUT2D eigenvalue weighted by Crippen LogP contribution is 2.21. The van der Waals surface area contributed by atoms with Gasteiger partial charge in [-0.25, -0.2) is 18.1 Å². The molecule has 1 aliphatic rings. The minimum atomic E-state index is -3.19. The number of aromatic nitrogens is 2. The van der Waals surface area contributed by atoms with Crippen molar-refractivity contribution >= 4 is 10.0 Å². The van der Waals surface area contributed by atoms with Crippen molar-refractivity contribution in [1.29, 1.82) is 0 Å². The maximum atomic E-state index is 11.1. The largest absolute Gasteiger partial charge is 0.367 e. The second-order valence-electron chi connectivity index (χ2n) is 5.11. The van der Waals surface area contributed by atoms with E-state index < -0.39 is 10.0 Å². The van der Waals surface area contributed by atoms with Crippen molar-refractivity contribution in [3.05, 3.63) is 42.4 Å². The van der Waals surface area contributed by atoms with E-state index in [0.29, 0.717) is 13.2 Å². The number of rotatable bonds is 4. The van der Waals surface area contributed by atoms with Crippen molar-refractivity contribution < 1.29 is 13.2 Å². The monoisotopic (exact) mass is 307 g/mol. The van der Waals surface area contributed by atoms with Crippen LogP contribution >= 0.6 is 0 Å². The van der Waals surface area contributed by atoms with Gasteiger partial charge in [-0.1, -0.05) is 30.3 Å². The highest BCUT2D eigenvalue weighted by atomic mass is 32.2. The van der Waals surface area contributed by atoms with Crippen LogP contribution in [-0.2, 0) is 27.9 Å². The molecule has 1 aliphatic heterocycles. The highest BCUT2D eigenvalue weighted by molar-refractivity contribution is 7.88. The van der Waals surface area contributed by atoms with Crippen molar-refractivity contribution in [2.24, 2.45) is 0 Å². The Labute approximate surface area is 123 Å². The maximum absolute atomic E-state index is 11.1. The summed E-state index contributed by atoms with van der Waals surface area (Å²) >= 11 is 0. The quantitative estimate of drug-likeness (QED) is 0.914. The lowest BCUT2D eigenvalue weighted by Gasteiger charge is -2.24. The Balaban J connectivity index is 1.73. The first-order valence-electron chi connectivity index (χ1n) is 6.69. The van der Waals surface area contributed by atoms with E-state index in [9.17, 15) is 8.42 Å². The number of nitrogens with one attached hydrogen (secondary N) is 1. The Morgan fingerprint density at radius 1 is 1.38 bits per heavy atom. The van der Waals surface area contributed by atoms with Crippen LogP contribution in [0.4, 0.5) is 0 Å². The van der Waals surface area contributed by atoms with E-state index in [2.05, 4.69) is 9.71 Å². The first-order chi connectivity index (χ1) is 10.0. The van der Waals surface area contributed by atoms with E-state index in [1.165, 1.54) is 0 Å². The molecule has 0 unspecified atom stereocenters. The molecular formula is C14H17N3O3S. The molecule has 6 nitrogen and oxygen atoms in total. The maximum Gasteiger partial charge on any atom is 0.208 e. The van der Waals surface area contributed by atoms with Crippen LogP contribution in [0.1, 0.15) is 5.82 Å². The number of imidazole rings is 1. The molecule has 112 valence electrons. The molecule has 21 heavy (non-hydrogen) atoms. The van der Waals surface area contributed by atoms with Crippen molar-refractivity contribution in [2.45, 2.75) is 19.3 Å². The second-order valence-corrected chi connectivity index (χ2v) is 6.95. The van der Waals surface area contributed by atoms with Crippen molar-refractivity contribution in [1.82, 2.24) is 14.3 Å². The van der Waals surface area contributed by atoms with Crippen LogP contribution in [-0.4, -0.2) is 36.9 Å². The van der Waals surface area contributed by atoms with Crippen molar-refractivity contribution in [2.75, 3.05) is 12.8 Å². The Kier molecular flexibility index (Phi) is 3.79. The van der Waals surface area contributed by atoms with Crippen LogP contribution in [0.25, 0.3) is 11.3 Å². The van der Waals surface area contributed by atoms with Crippen LogP contribution in [0.15, 0.2) is 36.5 Å². The van der Waals surface area contributed by atoms with Crippen molar-refractivity contribution in [3.8, 4) is 11.3 Å². The number of fused-ring (bicyclic) bond motifs is 1. The van der Waals surface area contributed by atoms with Gasteiger partial charge in [-0.2, -0.15) is 0 Å². The van der Waals surface area contributed by atoms with Crippen LogP contribution in [0.2, 0.25) is 0 Å². The van der Waals surface area contributed by atoms with Gasteiger partial charge in [0, 0.05) is 18.3 Å². The molecule has 0 saturated heterocycles. The summed E-state index contributed by atoms with van der Waals surface area (Å²) < 4.78 is 32.4. The van der Waals surface area contributed by atoms with E-state index in [1.807, 2.05) is 41.1 Å². The van der Waals surface area contributed by atoms with E-state index >= 15 is 0 Å². The molecule has 0 bridgehead atoms. The van der Waals surface area contributed by atoms with Gasteiger partial charge >= 0.3 is 0 Å². The summed E-state index contributed by atoms with van der Waals surface area (Å²) in [4.78, 5) is 4.56. The predicted octanol–water partition coefficient (Wildman–Crippen LogP) is 0.998. The van der Waals surface area contributed by atoms with Gasteiger partial charge in [-0.05, 0) is 0 Å². The molecule has 7 heteroatoms. The zero-order valence-corrected chi connectivity index (χ0v) is 12.5. The second kappa shape index (κ2) is 5.59. The fraction of sp³-hybridized carbons (Fsp3) is 0.357. The molecule has 0 saturated carbocycles. The minimum absolute atomic E-state index is 0.176. The van der Waals surface area contributed by atoms with E-state index in [0.717, 1.165) is 23.3 Å². The molecule has 0 radical (unpaired) electrons. The molecule has 1 atom stereocenters. The Morgan fingerprint density at radius 3 is 2.86 bits per heavy atom. The van der Waals surface area contributed by atoms with Crippen molar-refractivity contribution in [3.63, 3.8) is 0 Å². The summed E-state index contributed by atoms with van der Waals surface area (Å²) in [6.07, 6.45) is 2.96. The molecule has 2 heterocycles. The number of sulfonamides is 1. The zero-order valence-electron chi connectivity index (χ0n) is 11.7. The SMILES string of the molecule is CS(=O)(=O)NC[C@H]1Cn2cc(-c3ccccc3)nc2CO1. The highest BCUT2D eigenvalue weighted by Gasteiger charge is 2.22. The summed E-state index contributed by atoms with van der Waals surface area (Å²) in [5, 5.41) is 0. The molecule has 0 amide bonds. The Hall–Kier alpha value is -1.70. The number of nitrogens with zero attached hydrogens (tertiary/aromatic N) is 2. The summed E-state index contributed by atoms with van der Waals surface area (Å²) in [6.45, 7) is 1.26. The first kappa shape index (κ1) is 14.2. The van der Waals surface area contributed by atoms with Crippen LogP contribution in [0.3, 0.4) is 0 Å². The smallest absolute Gasteiger partial charge is 0.208 e. The normalized spacial score (nSPS) is 18.4. The van der Waals surface area contributed by atoms with Gasteiger partial charge in [0.1, 0.15) is 12.4 Å². The Morgan fingerprint density at radius 2 is 2.14 bits per heavy atom. The summed E-state index contributed by atoms with van der Waals surface area (Å²) in [5.41, 5.74) is 1.97. The molecule has 1 N–H and O–H groups in total. The molecule has 0 aliphatic carbocycles. The van der Waals surface area contributed by atoms with E-state index in [1.54, 1.807) is 0 Å². The topological polar surface area (TPSA) is 73.2 Å².